The zero-order valence-electron chi connectivity index (χ0n) is 14.7. The van der Waals surface area contributed by atoms with Crippen LogP contribution in [-0.4, -0.2) is 47.3 Å². The fraction of sp³-hybridized carbons (Fsp3) is 0.556. The highest BCUT2D eigenvalue weighted by Gasteiger charge is 2.40. The van der Waals surface area contributed by atoms with Gasteiger partial charge in [-0.15, -0.1) is 0 Å². The van der Waals surface area contributed by atoms with E-state index in [0.29, 0.717) is 5.69 Å². The zero-order valence-corrected chi connectivity index (χ0v) is 14.7. The van der Waals surface area contributed by atoms with Crippen molar-refractivity contribution in [2.75, 3.05) is 18.5 Å². The molecule has 1 aromatic rings. The molecule has 2 rings (SSSR count). The van der Waals surface area contributed by atoms with Gasteiger partial charge in [-0.3, -0.25) is 9.69 Å². The minimum absolute atomic E-state index is 0.113. The number of anilines is 1. The van der Waals surface area contributed by atoms with Crippen molar-refractivity contribution in [1.29, 1.82) is 0 Å². The summed E-state index contributed by atoms with van der Waals surface area (Å²) < 4.78 is 5.20. The van der Waals surface area contributed by atoms with Gasteiger partial charge in [0.25, 0.3) is 0 Å². The highest BCUT2D eigenvalue weighted by Crippen LogP contribution is 2.22. The van der Waals surface area contributed by atoms with E-state index in [1.807, 2.05) is 45.9 Å². The Morgan fingerprint density at radius 3 is 2.71 bits per heavy atom. The molecule has 0 aliphatic carbocycles. The molecule has 1 fully saturated rings. The normalized spacial score (nSPS) is 20.3. The summed E-state index contributed by atoms with van der Waals surface area (Å²) in [6.07, 6.45) is -1.06. The maximum atomic E-state index is 12.6. The van der Waals surface area contributed by atoms with Gasteiger partial charge >= 0.3 is 6.09 Å². The van der Waals surface area contributed by atoms with Crippen molar-refractivity contribution in [2.45, 2.75) is 46.3 Å². The first kappa shape index (κ1) is 18.3. The maximum absolute atomic E-state index is 12.6. The third-order valence-electron chi connectivity index (χ3n) is 4.00. The van der Waals surface area contributed by atoms with Gasteiger partial charge < -0.3 is 15.2 Å². The van der Waals surface area contributed by atoms with Crippen molar-refractivity contribution < 1.29 is 19.4 Å². The molecule has 24 heavy (non-hydrogen) atoms. The van der Waals surface area contributed by atoms with Gasteiger partial charge in [0.1, 0.15) is 6.04 Å². The lowest BCUT2D eigenvalue weighted by Crippen LogP contribution is -2.43. The van der Waals surface area contributed by atoms with Gasteiger partial charge in [-0.2, -0.15) is 0 Å². The summed E-state index contributed by atoms with van der Waals surface area (Å²) in [6.45, 7) is 8.19. The summed E-state index contributed by atoms with van der Waals surface area (Å²) in [6, 6.07) is 5.02. The number of nitrogens with one attached hydrogen (secondary N) is 1. The number of amides is 2. The average molecular weight is 334 g/mol. The lowest BCUT2D eigenvalue weighted by molar-refractivity contribution is -0.120. The van der Waals surface area contributed by atoms with Crippen LogP contribution in [0.2, 0.25) is 0 Å². The SMILES string of the molecule is Cc1ccc(NC(=O)[C@H]2C[C@H](O)CN2C(=O)OCC(C)C)c(C)c1. The number of β-amino-alcohol motifs (C(OH)–C–C–N with tert-alkyl or cyclic N) is 1. The third kappa shape index (κ3) is 4.47. The number of carbonyl (C=O) groups is 2. The molecule has 0 radical (unpaired) electrons. The van der Waals surface area contributed by atoms with E-state index in [0.717, 1.165) is 11.1 Å². The Hall–Kier alpha value is -2.08. The van der Waals surface area contributed by atoms with Crippen LogP contribution >= 0.6 is 0 Å². The summed E-state index contributed by atoms with van der Waals surface area (Å²) in [4.78, 5) is 26.1. The summed E-state index contributed by atoms with van der Waals surface area (Å²) in [5.41, 5.74) is 2.78. The Bertz CT molecular complexity index is 615. The molecular weight excluding hydrogens is 308 g/mol. The second kappa shape index (κ2) is 7.66. The lowest BCUT2D eigenvalue weighted by atomic mass is 10.1. The molecule has 0 bridgehead atoms. The van der Waals surface area contributed by atoms with Gasteiger partial charge in [0, 0.05) is 12.1 Å². The number of aryl methyl sites for hydroxylation is 2. The van der Waals surface area contributed by atoms with Crippen LogP contribution in [0.15, 0.2) is 18.2 Å². The zero-order chi connectivity index (χ0) is 17.9. The molecule has 0 aromatic heterocycles. The van der Waals surface area contributed by atoms with Crippen molar-refractivity contribution in [2.24, 2.45) is 5.92 Å². The number of rotatable bonds is 4. The van der Waals surface area contributed by atoms with E-state index in [2.05, 4.69) is 5.32 Å². The second-order valence-corrected chi connectivity index (χ2v) is 6.84. The maximum Gasteiger partial charge on any atom is 0.410 e. The lowest BCUT2D eigenvalue weighted by Gasteiger charge is -2.23. The van der Waals surface area contributed by atoms with Crippen molar-refractivity contribution in [3.05, 3.63) is 29.3 Å². The molecule has 0 spiro atoms. The van der Waals surface area contributed by atoms with Crippen LogP contribution in [0.25, 0.3) is 0 Å². The van der Waals surface area contributed by atoms with Gasteiger partial charge in [0.2, 0.25) is 5.91 Å². The Morgan fingerprint density at radius 1 is 1.38 bits per heavy atom. The predicted octanol–water partition coefficient (Wildman–Crippen LogP) is 2.47. The number of benzene rings is 1. The first-order valence-electron chi connectivity index (χ1n) is 8.27. The molecule has 2 amide bonds. The second-order valence-electron chi connectivity index (χ2n) is 6.84. The number of aliphatic hydroxyl groups excluding tert-OH is 1. The average Bonchev–Trinajstić information content (AvgIpc) is 2.89. The summed E-state index contributed by atoms with van der Waals surface area (Å²) in [5, 5.41) is 12.7. The monoisotopic (exact) mass is 334 g/mol. The van der Waals surface area contributed by atoms with E-state index < -0.39 is 18.2 Å². The van der Waals surface area contributed by atoms with E-state index >= 15 is 0 Å². The van der Waals surface area contributed by atoms with Crippen LogP contribution in [0.5, 0.6) is 0 Å². The predicted molar refractivity (Wildman–Crippen MR) is 91.8 cm³/mol. The molecule has 132 valence electrons. The van der Waals surface area contributed by atoms with Crippen LogP contribution in [0.4, 0.5) is 10.5 Å². The van der Waals surface area contributed by atoms with Gasteiger partial charge in [0.05, 0.1) is 19.3 Å². The first-order valence-corrected chi connectivity index (χ1v) is 8.27. The van der Waals surface area contributed by atoms with Crippen LogP contribution in [0.1, 0.15) is 31.4 Å². The van der Waals surface area contributed by atoms with E-state index in [1.54, 1.807) is 0 Å². The Balaban J connectivity index is 2.06. The topological polar surface area (TPSA) is 78.9 Å². The van der Waals surface area contributed by atoms with Crippen LogP contribution in [-0.2, 0) is 9.53 Å². The van der Waals surface area contributed by atoms with Crippen molar-refractivity contribution in [3.8, 4) is 0 Å². The molecule has 1 aliphatic heterocycles. The van der Waals surface area contributed by atoms with E-state index in [9.17, 15) is 14.7 Å². The number of carbonyl (C=O) groups excluding carboxylic acids is 2. The van der Waals surface area contributed by atoms with Crippen molar-refractivity contribution in [3.63, 3.8) is 0 Å². The van der Waals surface area contributed by atoms with E-state index in [-0.39, 0.29) is 31.4 Å². The van der Waals surface area contributed by atoms with Crippen molar-refractivity contribution in [1.82, 2.24) is 4.90 Å². The minimum Gasteiger partial charge on any atom is -0.449 e. The number of ether oxygens (including phenoxy) is 1. The number of likely N-dealkylation sites (tertiary alicyclic amines) is 1. The molecule has 1 heterocycles. The number of hydrogen-bond acceptors (Lipinski definition) is 4. The minimum atomic E-state index is -0.722. The molecule has 2 N–H and O–H groups in total. The number of aliphatic hydroxyl groups is 1. The molecule has 6 heteroatoms. The fourth-order valence-corrected chi connectivity index (χ4v) is 2.75. The van der Waals surface area contributed by atoms with Crippen LogP contribution in [0, 0.1) is 19.8 Å². The highest BCUT2D eigenvalue weighted by atomic mass is 16.6. The van der Waals surface area contributed by atoms with E-state index in [4.69, 9.17) is 4.74 Å². The molecule has 1 saturated heterocycles. The molecule has 1 aromatic carbocycles. The Labute approximate surface area is 142 Å². The fourth-order valence-electron chi connectivity index (χ4n) is 2.75. The molecular formula is C18H26N2O4. The molecule has 2 atom stereocenters. The Morgan fingerprint density at radius 2 is 2.08 bits per heavy atom. The molecule has 0 saturated carbocycles. The van der Waals surface area contributed by atoms with Gasteiger partial charge in [-0.05, 0) is 31.4 Å². The Kier molecular flexibility index (Phi) is 5.83. The van der Waals surface area contributed by atoms with Crippen molar-refractivity contribution >= 4 is 17.7 Å². The number of nitrogens with zero attached hydrogens (tertiary/aromatic N) is 1. The quantitative estimate of drug-likeness (QED) is 0.886. The van der Waals surface area contributed by atoms with E-state index in [1.165, 1.54) is 4.90 Å². The smallest absolute Gasteiger partial charge is 0.410 e. The first-order chi connectivity index (χ1) is 11.3. The summed E-state index contributed by atoms with van der Waals surface area (Å²) in [7, 11) is 0. The van der Waals surface area contributed by atoms with Crippen LogP contribution in [0.3, 0.4) is 0 Å². The molecule has 0 unspecified atom stereocenters. The summed E-state index contributed by atoms with van der Waals surface area (Å²) in [5.74, 6) is -0.0936. The van der Waals surface area contributed by atoms with Gasteiger partial charge in [-0.25, -0.2) is 4.79 Å². The number of hydrogen-bond donors (Lipinski definition) is 2. The highest BCUT2D eigenvalue weighted by molar-refractivity contribution is 5.97. The molecule has 1 aliphatic rings. The largest absolute Gasteiger partial charge is 0.449 e. The third-order valence-corrected chi connectivity index (χ3v) is 4.00. The van der Waals surface area contributed by atoms with Crippen LogP contribution < -0.4 is 5.32 Å². The summed E-state index contributed by atoms with van der Waals surface area (Å²) >= 11 is 0. The standard InChI is InChI=1S/C18H26N2O4/c1-11(2)10-24-18(23)20-9-14(21)8-16(20)17(22)19-15-6-5-12(3)7-13(15)4/h5-7,11,14,16,21H,8-10H2,1-4H3,(H,19,22)/t14-,16+/m0/s1. The van der Waals surface area contributed by atoms with Gasteiger partial charge in [0.15, 0.2) is 0 Å². The van der Waals surface area contributed by atoms with Gasteiger partial charge in [-0.1, -0.05) is 31.5 Å². The molecule has 6 nitrogen and oxygen atoms in total.